The predicted molar refractivity (Wildman–Crippen MR) is 101 cm³/mol. The van der Waals surface area contributed by atoms with Gasteiger partial charge in [0.15, 0.2) is 0 Å². The van der Waals surface area contributed by atoms with Crippen molar-refractivity contribution in [1.82, 2.24) is 9.88 Å². The summed E-state index contributed by atoms with van der Waals surface area (Å²) in [5, 5.41) is 1.48. The van der Waals surface area contributed by atoms with Crippen LogP contribution in [0.1, 0.15) is 24.8 Å². The van der Waals surface area contributed by atoms with Crippen LogP contribution in [0.4, 0.5) is 4.39 Å². The molecule has 0 N–H and O–H groups in total. The van der Waals surface area contributed by atoms with Gasteiger partial charge in [-0.25, -0.2) is 4.39 Å². The van der Waals surface area contributed by atoms with Gasteiger partial charge in [-0.1, -0.05) is 36.2 Å². The topological polar surface area (TPSA) is 16.1 Å². The third-order valence-corrected chi connectivity index (χ3v) is 5.22. The first-order valence-corrected chi connectivity index (χ1v) is 9.14. The molecule has 0 bridgehead atoms. The molecule has 0 atom stereocenters. The molecule has 1 aliphatic rings. The van der Waals surface area contributed by atoms with Gasteiger partial charge in [0.25, 0.3) is 0 Å². The summed E-state index contributed by atoms with van der Waals surface area (Å²) in [6.45, 7) is 3.05. The van der Waals surface area contributed by atoms with E-state index < -0.39 is 0 Å². The van der Waals surface area contributed by atoms with E-state index in [1.54, 1.807) is 18.3 Å². The Morgan fingerprint density at radius 1 is 1.00 bits per heavy atom. The normalized spacial score (nSPS) is 15.6. The highest BCUT2D eigenvalue weighted by Crippen LogP contribution is 2.30. The van der Waals surface area contributed by atoms with Crippen LogP contribution in [-0.2, 0) is 6.54 Å². The van der Waals surface area contributed by atoms with Crippen LogP contribution in [-0.4, -0.2) is 23.0 Å². The van der Waals surface area contributed by atoms with Gasteiger partial charge in [0.05, 0.1) is 10.5 Å². The molecule has 4 heteroatoms. The molecule has 0 aliphatic carbocycles. The smallest absolute Gasteiger partial charge is 0.131 e. The number of aromatic nitrogens is 1. The van der Waals surface area contributed by atoms with E-state index in [9.17, 15) is 4.39 Å². The highest BCUT2D eigenvalue weighted by atomic mass is 35.5. The van der Waals surface area contributed by atoms with Gasteiger partial charge >= 0.3 is 0 Å². The van der Waals surface area contributed by atoms with Crippen molar-refractivity contribution in [3.05, 3.63) is 65.1 Å². The number of fused-ring (bicyclic) bond motifs is 1. The van der Waals surface area contributed by atoms with Gasteiger partial charge in [-0.05, 0) is 61.3 Å². The molecular weight excluding hydrogens is 335 g/mol. The highest BCUT2D eigenvalue weighted by molar-refractivity contribution is 6.35. The fourth-order valence-electron chi connectivity index (χ4n) is 3.55. The van der Waals surface area contributed by atoms with E-state index in [0.29, 0.717) is 10.6 Å². The van der Waals surface area contributed by atoms with Gasteiger partial charge < -0.3 is 0 Å². The first-order valence-electron chi connectivity index (χ1n) is 8.76. The first kappa shape index (κ1) is 16.5. The zero-order chi connectivity index (χ0) is 17.2. The number of benzene rings is 2. The molecule has 25 heavy (non-hydrogen) atoms. The molecule has 1 fully saturated rings. The average Bonchev–Trinajstić information content (AvgIpc) is 2.63. The van der Waals surface area contributed by atoms with E-state index in [2.05, 4.69) is 9.88 Å². The molecule has 4 rings (SSSR count). The molecule has 0 amide bonds. The Labute approximate surface area is 152 Å². The number of nitrogens with zero attached hydrogens (tertiary/aromatic N) is 2. The molecule has 128 valence electrons. The Morgan fingerprint density at radius 2 is 1.84 bits per heavy atom. The number of hydrogen-bond donors (Lipinski definition) is 0. The second-order valence-corrected chi connectivity index (χ2v) is 7.08. The monoisotopic (exact) mass is 354 g/mol. The van der Waals surface area contributed by atoms with Crippen molar-refractivity contribution < 1.29 is 4.39 Å². The molecule has 1 aromatic heterocycles. The molecule has 2 heterocycles. The van der Waals surface area contributed by atoms with E-state index in [1.165, 1.54) is 19.3 Å². The van der Waals surface area contributed by atoms with Crippen molar-refractivity contribution in [1.29, 1.82) is 0 Å². The summed E-state index contributed by atoms with van der Waals surface area (Å²) in [6.07, 6.45) is 5.47. The maximum absolute atomic E-state index is 14.7. The number of piperidine rings is 1. The first-order chi connectivity index (χ1) is 12.2. The number of halogens is 2. The molecule has 1 aliphatic heterocycles. The summed E-state index contributed by atoms with van der Waals surface area (Å²) < 4.78 is 14.7. The number of hydrogen-bond acceptors (Lipinski definition) is 2. The molecule has 1 saturated heterocycles. The lowest BCUT2D eigenvalue weighted by molar-refractivity contribution is 0.220. The lowest BCUT2D eigenvalue weighted by Gasteiger charge is -2.26. The molecule has 2 aromatic carbocycles. The van der Waals surface area contributed by atoms with Gasteiger partial charge in [-0.15, -0.1) is 0 Å². The fourth-order valence-corrected chi connectivity index (χ4v) is 3.75. The standard InChI is InChI=1S/C21H20ClFN2/c22-19-8-9-24-21-7-5-16(13-18(19)21)17-6-4-15(12-20(17)23)14-25-10-2-1-3-11-25/h4-9,12-13H,1-3,10-11,14H2. The number of pyridine rings is 1. The van der Waals surface area contributed by atoms with Gasteiger partial charge in [0, 0.05) is 23.7 Å². The Bertz CT molecular complexity index is 904. The van der Waals surface area contributed by atoms with Crippen molar-refractivity contribution >= 4 is 22.5 Å². The Balaban J connectivity index is 1.63. The maximum atomic E-state index is 14.7. The van der Waals surface area contributed by atoms with Crippen molar-refractivity contribution in [2.45, 2.75) is 25.8 Å². The highest BCUT2D eigenvalue weighted by Gasteiger charge is 2.13. The second kappa shape index (κ2) is 7.11. The average molecular weight is 355 g/mol. The van der Waals surface area contributed by atoms with Crippen LogP contribution in [0.2, 0.25) is 5.02 Å². The minimum atomic E-state index is -0.186. The molecule has 3 aromatic rings. The van der Waals surface area contributed by atoms with E-state index >= 15 is 0 Å². The van der Waals surface area contributed by atoms with Gasteiger partial charge in [0.2, 0.25) is 0 Å². The fraction of sp³-hybridized carbons (Fsp3) is 0.286. The zero-order valence-electron chi connectivity index (χ0n) is 14.0. The van der Waals surface area contributed by atoms with Gasteiger partial charge in [-0.3, -0.25) is 9.88 Å². The van der Waals surface area contributed by atoms with Crippen LogP contribution in [0.25, 0.3) is 22.0 Å². The Hall–Kier alpha value is -1.97. The summed E-state index contributed by atoms with van der Waals surface area (Å²) in [4.78, 5) is 6.70. The molecule has 0 spiro atoms. The van der Waals surface area contributed by atoms with Crippen molar-refractivity contribution in [3.8, 4) is 11.1 Å². The molecule has 0 unspecified atom stereocenters. The van der Waals surface area contributed by atoms with Crippen molar-refractivity contribution in [2.24, 2.45) is 0 Å². The Kier molecular flexibility index (Phi) is 4.69. The van der Waals surface area contributed by atoms with Crippen LogP contribution in [0.3, 0.4) is 0 Å². The number of likely N-dealkylation sites (tertiary alicyclic amines) is 1. The number of rotatable bonds is 3. The van der Waals surface area contributed by atoms with Crippen LogP contribution >= 0.6 is 11.6 Å². The van der Waals surface area contributed by atoms with Crippen LogP contribution < -0.4 is 0 Å². The van der Waals surface area contributed by atoms with Crippen molar-refractivity contribution in [2.75, 3.05) is 13.1 Å². The maximum Gasteiger partial charge on any atom is 0.131 e. The molecule has 0 radical (unpaired) electrons. The third-order valence-electron chi connectivity index (χ3n) is 4.89. The van der Waals surface area contributed by atoms with Crippen molar-refractivity contribution in [3.63, 3.8) is 0 Å². The zero-order valence-corrected chi connectivity index (χ0v) is 14.8. The van der Waals surface area contributed by atoms with Crippen LogP contribution in [0, 0.1) is 5.82 Å². The summed E-state index contributed by atoms with van der Waals surface area (Å²) in [7, 11) is 0. The van der Waals surface area contributed by atoms with Gasteiger partial charge in [-0.2, -0.15) is 0 Å². The van der Waals surface area contributed by atoms with E-state index in [4.69, 9.17) is 11.6 Å². The van der Waals surface area contributed by atoms with Gasteiger partial charge in [0.1, 0.15) is 5.82 Å². The van der Waals surface area contributed by atoms with Crippen LogP contribution in [0.5, 0.6) is 0 Å². The summed E-state index contributed by atoms with van der Waals surface area (Å²) >= 11 is 6.25. The van der Waals surface area contributed by atoms with E-state index in [0.717, 1.165) is 41.7 Å². The lowest BCUT2D eigenvalue weighted by Crippen LogP contribution is -2.29. The second-order valence-electron chi connectivity index (χ2n) is 6.68. The molecular formula is C21H20ClFN2. The lowest BCUT2D eigenvalue weighted by atomic mass is 10.0. The van der Waals surface area contributed by atoms with E-state index in [-0.39, 0.29) is 5.82 Å². The predicted octanol–water partition coefficient (Wildman–Crippen LogP) is 5.68. The Morgan fingerprint density at radius 3 is 2.64 bits per heavy atom. The SMILES string of the molecule is Fc1cc(CN2CCCCC2)ccc1-c1ccc2nccc(Cl)c2c1. The summed E-state index contributed by atoms with van der Waals surface area (Å²) in [6, 6.07) is 13.0. The molecule has 0 saturated carbocycles. The minimum Gasteiger partial charge on any atom is -0.299 e. The van der Waals surface area contributed by atoms with E-state index in [1.807, 2.05) is 30.3 Å². The minimum absolute atomic E-state index is 0.186. The molecule has 2 nitrogen and oxygen atoms in total. The van der Waals surface area contributed by atoms with Crippen LogP contribution in [0.15, 0.2) is 48.7 Å². The quantitative estimate of drug-likeness (QED) is 0.601. The summed E-state index contributed by atoms with van der Waals surface area (Å²) in [5.41, 5.74) is 3.27. The summed E-state index contributed by atoms with van der Waals surface area (Å²) in [5.74, 6) is -0.186. The third kappa shape index (κ3) is 3.53. The largest absolute Gasteiger partial charge is 0.299 e.